The standard InChI is InChI=1S/C34H34Cl2F3N7O4/c1-50-28-10-8-24(46-30(34(37,38)39)40-42-43-46)20-25(28)29(47)45-18-12-32(21-45,23-7-9-26(35)27(36)19-23)11-15-44-16-13-33(14-17-44,31(48)41-49)22-5-3-2-4-6-22/h2-10,19-20,49H,11-18,21H2,1H3,(H,41,48). The van der Waals surface area contributed by atoms with Crippen LogP contribution in [-0.4, -0.2) is 86.9 Å². The smallest absolute Gasteiger partial charge is 0.453 e. The van der Waals surface area contributed by atoms with Gasteiger partial charge < -0.3 is 14.5 Å². The molecule has 2 aliphatic rings. The quantitative estimate of drug-likeness (QED) is 0.166. The van der Waals surface area contributed by atoms with Crippen molar-refractivity contribution in [1.29, 1.82) is 0 Å². The Balaban J connectivity index is 1.24. The second-order valence-corrected chi connectivity index (χ2v) is 13.5. The van der Waals surface area contributed by atoms with Crippen LogP contribution in [0.25, 0.3) is 5.69 Å². The lowest BCUT2D eigenvalue weighted by atomic mass is 9.71. The minimum Gasteiger partial charge on any atom is -0.496 e. The number of carbonyl (C=O) groups is 2. The van der Waals surface area contributed by atoms with Crippen LogP contribution in [0, 0.1) is 0 Å². The van der Waals surface area contributed by atoms with Crippen LogP contribution in [0.1, 0.15) is 53.0 Å². The second-order valence-electron chi connectivity index (χ2n) is 12.7. The van der Waals surface area contributed by atoms with Crippen LogP contribution in [0.15, 0.2) is 66.7 Å². The van der Waals surface area contributed by atoms with Gasteiger partial charge in [0.25, 0.3) is 17.6 Å². The number of halogens is 5. The van der Waals surface area contributed by atoms with E-state index >= 15 is 0 Å². The average molecular weight is 733 g/mol. The number of piperidine rings is 1. The maximum atomic E-state index is 14.1. The minimum atomic E-state index is -4.81. The minimum absolute atomic E-state index is 0.0482. The number of tetrazole rings is 1. The van der Waals surface area contributed by atoms with Crippen LogP contribution in [0.2, 0.25) is 10.0 Å². The number of hydroxylamine groups is 1. The monoisotopic (exact) mass is 731 g/mol. The Morgan fingerprint density at radius 2 is 1.70 bits per heavy atom. The van der Waals surface area contributed by atoms with Gasteiger partial charge in [0.05, 0.1) is 33.8 Å². The van der Waals surface area contributed by atoms with E-state index in [2.05, 4.69) is 20.4 Å². The van der Waals surface area contributed by atoms with Gasteiger partial charge in [-0.2, -0.15) is 17.9 Å². The number of methoxy groups -OCH3 is 1. The highest BCUT2D eigenvalue weighted by Crippen LogP contribution is 2.42. The first-order valence-corrected chi connectivity index (χ1v) is 16.7. The first kappa shape index (κ1) is 35.6. The molecule has 50 heavy (non-hydrogen) atoms. The molecule has 0 bridgehead atoms. The normalized spacial score (nSPS) is 19.4. The SMILES string of the molecule is COc1ccc(-n2nnnc2C(F)(F)F)cc1C(=O)N1CCC(CCN2CCC(C(=O)NO)(c3ccccc3)CC2)(c2ccc(Cl)c(Cl)c2)C1. The number of likely N-dealkylation sites (tertiary alicyclic amines) is 2. The predicted molar refractivity (Wildman–Crippen MR) is 178 cm³/mol. The number of rotatable bonds is 9. The van der Waals surface area contributed by atoms with Crippen LogP contribution in [0.3, 0.4) is 0 Å². The van der Waals surface area contributed by atoms with Gasteiger partial charge in [-0.05, 0) is 97.2 Å². The predicted octanol–water partition coefficient (Wildman–Crippen LogP) is 5.71. The summed E-state index contributed by atoms with van der Waals surface area (Å²) in [4.78, 5) is 31.0. The number of hydrogen-bond acceptors (Lipinski definition) is 8. The molecule has 16 heteroatoms. The number of nitrogens with one attached hydrogen (secondary N) is 1. The molecule has 11 nitrogen and oxygen atoms in total. The lowest BCUT2D eigenvalue weighted by molar-refractivity contribution is -0.146. The number of amides is 2. The second kappa shape index (κ2) is 14.2. The van der Waals surface area contributed by atoms with Gasteiger partial charge in [0.2, 0.25) is 0 Å². The fourth-order valence-corrected chi connectivity index (χ4v) is 7.50. The highest BCUT2D eigenvalue weighted by atomic mass is 35.5. The molecule has 1 atom stereocenters. The number of nitrogens with zero attached hydrogens (tertiary/aromatic N) is 6. The molecule has 3 heterocycles. The van der Waals surface area contributed by atoms with Crippen LogP contribution in [0.5, 0.6) is 5.75 Å². The van der Waals surface area contributed by atoms with Crippen LogP contribution >= 0.6 is 23.2 Å². The third-order valence-electron chi connectivity index (χ3n) is 10.0. The molecule has 264 valence electrons. The molecule has 0 radical (unpaired) electrons. The van der Waals surface area contributed by atoms with Crippen LogP contribution < -0.4 is 10.2 Å². The highest BCUT2D eigenvalue weighted by molar-refractivity contribution is 6.42. The van der Waals surface area contributed by atoms with Crippen molar-refractivity contribution in [2.24, 2.45) is 0 Å². The van der Waals surface area contributed by atoms with Gasteiger partial charge in [0.15, 0.2) is 0 Å². The maximum absolute atomic E-state index is 14.1. The van der Waals surface area contributed by atoms with Gasteiger partial charge in [0.1, 0.15) is 5.75 Å². The maximum Gasteiger partial charge on any atom is 0.453 e. The topological polar surface area (TPSA) is 126 Å². The van der Waals surface area contributed by atoms with E-state index in [-0.39, 0.29) is 17.0 Å². The van der Waals surface area contributed by atoms with E-state index in [0.717, 1.165) is 11.1 Å². The zero-order valence-electron chi connectivity index (χ0n) is 27.0. The molecule has 2 amide bonds. The van der Waals surface area contributed by atoms with E-state index in [1.54, 1.807) is 11.0 Å². The van der Waals surface area contributed by atoms with E-state index < -0.39 is 34.6 Å². The Kier molecular flexibility index (Phi) is 10.1. The van der Waals surface area contributed by atoms with Gasteiger partial charge in [-0.1, -0.05) is 59.6 Å². The van der Waals surface area contributed by atoms with Crippen LogP contribution in [0.4, 0.5) is 13.2 Å². The van der Waals surface area contributed by atoms with Crippen molar-refractivity contribution in [3.05, 3.63) is 99.3 Å². The van der Waals surface area contributed by atoms with Gasteiger partial charge in [-0.3, -0.25) is 14.8 Å². The zero-order valence-corrected chi connectivity index (χ0v) is 28.5. The molecular weight excluding hydrogens is 698 g/mol. The van der Waals surface area contributed by atoms with Gasteiger partial charge in [0, 0.05) is 18.5 Å². The van der Waals surface area contributed by atoms with Crippen molar-refractivity contribution in [2.45, 2.75) is 42.7 Å². The third-order valence-corrected chi connectivity index (χ3v) is 10.8. The summed E-state index contributed by atoms with van der Waals surface area (Å²) in [6, 6.07) is 18.9. The summed E-state index contributed by atoms with van der Waals surface area (Å²) in [5.74, 6) is -1.99. The van der Waals surface area contributed by atoms with E-state index in [0.29, 0.717) is 73.1 Å². The summed E-state index contributed by atoms with van der Waals surface area (Å²) in [5, 5.41) is 20.2. The molecule has 2 aliphatic heterocycles. The summed E-state index contributed by atoms with van der Waals surface area (Å²) in [6.45, 7) is 2.50. The highest BCUT2D eigenvalue weighted by Gasteiger charge is 2.45. The van der Waals surface area contributed by atoms with Crippen LogP contribution in [-0.2, 0) is 21.8 Å². The van der Waals surface area contributed by atoms with Crippen molar-refractivity contribution in [3.63, 3.8) is 0 Å². The van der Waals surface area contributed by atoms with E-state index in [1.807, 2.05) is 47.9 Å². The average Bonchev–Trinajstić information content (AvgIpc) is 3.81. The molecule has 2 saturated heterocycles. The number of ether oxygens (including phenoxy) is 1. The first-order chi connectivity index (χ1) is 23.9. The summed E-state index contributed by atoms with van der Waals surface area (Å²) < 4.78 is 46.7. The lowest BCUT2D eigenvalue weighted by Crippen LogP contribution is -2.51. The van der Waals surface area contributed by atoms with E-state index in [4.69, 9.17) is 27.9 Å². The zero-order chi connectivity index (χ0) is 35.7. The lowest BCUT2D eigenvalue weighted by Gasteiger charge is -2.41. The molecule has 0 saturated carbocycles. The fourth-order valence-electron chi connectivity index (χ4n) is 7.20. The Morgan fingerprint density at radius 1 is 0.960 bits per heavy atom. The molecule has 6 rings (SSSR count). The van der Waals surface area contributed by atoms with E-state index in [9.17, 15) is 28.0 Å². The Hall–Kier alpha value is -4.24. The number of aromatic nitrogens is 4. The number of benzene rings is 3. The third kappa shape index (κ3) is 6.76. The molecule has 3 aromatic carbocycles. The van der Waals surface area contributed by atoms with E-state index in [1.165, 1.54) is 25.3 Å². The molecule has 0 spiro atoms. The molecule has 4 aromatic rings. The molecule has 0 aliphatic carbocycles. The number of alkyl halides is 3. The summed E-state index contributed by atoms with van der Waals surface area (Å²) in [6.07, 6.45) is -2.60. The molecule has 1 unspecified atom stereocenters. The van der Waals surface area contributed by atoms with Gasteiger partial charge in [-0.15, -0.1) is 5.10 Å². The summed E-state index contributed by atoms with van der Waals surface area (Å²) in [7, 11) is 1.38. The molecule has 2 N–H and O–H groups in total. The van der Waals surface area contributed by atoms with Crippen molar-refractivity contribution in [3.8, 4) is 11.4 Å². The first-order valence-electron chi connectivity index (χ1n) is 15.9. The summed E-state index contributed by atoms with van der Waals surface area (Å²) in [5.41, 5.74) is 2.24. The van der Waals surface area contributed by atoms with Crippen molar-refractivity contribution < 1.29 is 32.7 Å². The van der Waals surface area contributed by atoms with Crippen molar-refractivity contribution in [1.82, 2.24) is 35.5 Å². The number of carbonyl (C=O) groups excluding carboxylic acids is 2. The molecule has 1 aromatic heterocycles. The van der Waals surface area contributed by atoms with Gasteiger partial charge >= 0.3 is 6.18 Å². The Bertz CT molecular complexity index is 1870. The fraction of sp³-hybridized carbons (Fsp3) is 0.382. The van der Waals surface area contributed by atoms with Gasteiger partial charge in [-0.25, -0.2) is 5.48 Å². The Labute approximate surface area is 295 Å². The molecule has 2 fully saturated rings. The van der Waals surface area contributed by atoms with Crippen molar-refractivity contribution in [2.75, 3.05) is 39.8 Å². The Morgan fingerprint density at radius 3 is 2.36 bits per heavy atom. The molecular formula is C34H34Cl2F3N7O4. The van der Waals surface area contributed by atoms with Crippen molar-refractivity contribution >= 4 is 35.0 Å². The largest absolute Gasteiger partial charge is 0.496 e. The number of hydrogen-bond donors (Lipinski definition) is 2. The summed E-state index contributed by atoms with van der Waals surface area (Å²) >= 11 is 12.8.